The Balaban J connectivity index is 2.25. The highest BCUT2D eigenvalue weighted by atomic mass is 16.7. The van der Waals surface area contributed by atoms with Crippen LogP contribution in [0.15, 0.2) is 24.3 Å². The highest BCUT2D eigenvalue weighted by Gasteiger charge is 2.37. The van der Waals surface area contributed by atoms with Crippen molar-refractivity contribution in [2.24, 2.45) is 0 Å². The Kier molecular flexibility index (Phi) is 31.9. The van der Waals surface area contributed by atoms with Crippen molar-refractivity contribution in [2.75, 3.05) is 33.9 Å². The van der Waals surface area contributed by atoms with Crippen LogP contribution in [0.5, 0.6) is 0 Å². The zero-order valence-corrected chi connectivity index (χ0v) is 33.2. The Morgan fingerprint density at radius 1 is 0.520 bits per heavy atom. The summed E-state index contributed by atoms with van der Waals surface area (Å²) in [6, 6.07) is 0. The van der Waals surface area contributed by atoms with Crippen LogP contribution in [0.2, 0.25) is 0 Å². The number of unbranched alkanes of at least 4 members (excludes halogenated alkanes) is 19. The number of rotatable bonds is 35. The third-order valence-electron chi connectivity index (χ3n) is 9.47. The molecule has 1 aliphatic heterocycles. The fourth-order valence-corrected chi connectivity index (χ4v) is 6.23. The van der Waals surface area contributed by atoms with Crippen LogP contribution in [0.4, 0.5) is 0 Å². The van der Waals surface area contributed by atoms with E-state index in [9.17, 15) is 9.59 Å². The summed E-state index contributed by atoms with van der Waals surface area (Å²) in [6.07, 6.45) is 38.0. The molecular weight excluding hydrogens is 626 g/mol. The van der Waals surface area contributed by atoms with Crippen LogP contribution < -0.4 is 0 Å². The normalized spacial score (nSPS) is 17.8. The average molecular weight is 706 g/mol. The molecule has 0 aliphatic carbocycles. The van der Waals surface area contributed by atoms with Crippen LogP contribution in [-0.2, 0) is 28.5 Å². The van der Waals surface area contributed by atoms with Crippen LogP contribution in [0.3, 0.4) is 0 Å². The average Bonchev–Trinajstić information content (AvgIpc) is 3.50. The van der Waals surface area contributed by atoms with Crippen LogP contribution >= 0.6 is 0 Å². The first-order chi connectivity index (χ1) is 24.5. The lowest BCUT2D eigenvalue weighted by molar-refractivity contribution is -0.151. The van der Waals surface area contributed by atoms with Gasteiger partial charge in [-0.3, -0.25) is 9.59 Å². The van der Waals surface area contributed by atoms with Crippen LogP contribution in [0.1, 0.15) is 187 Å². The number of carbonyl (C=O) groups excluding carboxylic acids is 2. The summed E-state index contributed by atoms with van der Waals surface area (Å²) in [7, 11) is 4.14. The fourth-order valence-electron chi connectivity index (χ4n) is 6.23. The molecule has 0 saturated carbocycles. The van der Waals surface area contributed by atoms with Crippen molar-refractivity contribution >= 4 is 11.9 Å². The maximum absolute atomic E-state index is 12.5. The van der Waals surface area contributed by atoms with Crippen molar-refractivity contribution in [1.29, 1.82) is 0 Å². The van der Waals surface area contributed by atoms with E-state index in [1.165, 1.54) is 89.9 Å². The highest BCUT2D eigenvalue weighted by Crippen LogP contribution is 2.24. The zero-order valence-electron chi connectivity index (χ0n) is 33.2. The summed E-state index contributed by atoms with van der Waals surface area (Å²) in [5.74, 6) is -0.383. The predicted molar refractivity (Wildman–Crippen MR) is 208 cm³/mol. The van der Waals surface area contributed by atoms with Gasteiger partial charge in [-0.2, -0.15) is 0 Å². The standard InChI is InChI=1S/C43H79NO6/c1-5-7-9-11-13-15-17-19-21-23-25-27-29-33-41(45)47-37-39-40(50-43(49-39)35-31-32-36-44(3)4)38-48-42(46)34-30-28-26-24-22-20-18-16-14-12-10-8-6-2/h15-18,39-40,43H,5-14,19-38H2,1-4H3/b17-15-,18-16-. The van der Waals surface area contributed by atoms with E-state index in [2.05, 4.69) is 57.1 Å². The number of hydrogen-bond acceptors (Lipinski definition) is 7. The Labute approximate surface area is 308 Å². The summed E-state index contributed by atoms with van der Waals surface area (Å²) >= 11 is 0. The molecule has 0 radical (unpaired) electrons. The molecular formula is C43H79NO6. The fraction of sp³-hybridized carbons (Fsp3) is 0.860. The molecule has 0 bridgehead atoms. The Bertz CT molecular complexity index is 783. The SMILES string of the molecule is CCCCCC/C=C\CCCCCCCC(=O)OCC1OC(CCCCN(C)C)OC1COC(=O)CCCCCCC/C=C\CCCCCC. The molecule has 0 aromatic heterocycles. The van der Waals surface area contributed by atoms with Crippen molar-refractivity contribution in [3.8, 4) is 0 Å². The zero-order chi connectivity index (χ0) is 36.3. The summed E-state index contributed by atoms with van der Waals surface area (Å²) in [5.41, 5.74) is 0. The first-order valence-corrected chi connectivity index (χ1v) is 21.0. The lowest BCUT2D eigenvalue weighted by atomic mass is 10.1. The smallest absolute Gasteiger partial charge is 0.305 e. The van der Waals surface area contributed by atoms with E-state index < -0.39 is 12.2 Å². The molecule has 7 heteroatoms. The molecule has 292 valence electrons. The van der Waals surface area contributed by atoms with Gasteiger partial charge in [0.05, 0.1) is 0 Å². The Morgan fingerprint density at radius 2 is 0.900 bits per heavy atom. The van der Waals surface area contributed by atoms with Crippen molar-refractivity contribution in [1.82, 2.24) is 4.90 Å². The van der Waals surface area contributed by atoms with Crippen molar-refractivity contribution < 1.29 is 28.5 Å². The number of allylic oxidation sites excluding steroid dienone is 4. The molecule has 0 N–H and O–H groups in total. The van der Waals surface area contributed by atoms with Gasteiger partial charge < -0.3 is 23.8 Å². The van der Waals surface area contributed by atoms with Gasteiger partial charge in [-0.1, -0.05) is 115 Å². The van der Waals surface area contributed by atoms with E-state index in [-0.39, 0.29) is 31.4 Å². The maximum Gasteiger partial charge on any atom is 0.305 e. The largest absolute Gasteiger partial charge is 0.463 e. The minimum absolute atomic E-state index is 0.133. The molecule has 0 amide bonds. The third kappa shape index (κ3) is 28.9. The summed E-state index contributed by atoms with van der Waals surface area (Å²) in [5, 5.41) is 0. The topological polar surface area (TPSA) is 74.3 Å². The van der Waals surface area contributed by atoms with Crippen LogP contribution in [0.25, 0.3) is 0 Å². The lowest BCUT2D eigenvalue weighted by Crippen LogP contribution is -2.33. The molecule has 50 heavy (non-hydrogen) atoms. The van der Waals surface area contributed by atoms with Crippen molar-refractivity contribution in [3.63, 3.8) is 0 Å². The van der Waals surface area contributed by atoms with E-state index in [1.807, 2.05) is 0 Å². The van der Waals surface area contributed by atoms with Gasteiger partial charge >= 0.3 is 11.9 Å². The Morgan fingerprint density at radius 3 is 1.30 bits per heavy atom. The van der Waals surface area contributed by atoms with E-state index >= 15 is 0 Å². The van der Waals surface area contributed by atoms with Gasteiger partial charge in [-0.15, -0.1) is 0 Å². The predicted octanol–water partition coefficient (Wildman–Crippen LogP) is 11.4. The van der Waals surface area contributed by atoms with Crippen molar-refractivity contribution in [2.45, 2.75) is 206 Å². The first-order valence-electron chi connectivity index (χ1n) is 21.0. The second-order valence-corrected chi connectivity index (χ2v) is 14.7. The van der Waals surface area contributed by atoms with E-state index in [0.29, 0.717) is 12.8 Å². The maximum atomic E-state index is 12.5. The molecule has 2 unspecified atom stereocenters. The first kappa shape index (κ1) is 46.3. The number of esters is 2. The summed E-state index contributed by atoms with van der Waals surface area (Å²) < 4.78 is 23.6. The van der Waals surface area contributed by atoms with Crippen LogP contribution in [-0.4, -0.2) is 69.2 Å². The number of nitrogens with zero attached hydrogens (tertiary/aromatic N) is 1. The van der Waals surface area contributed by atoms with Crippen molar-refractivity contribution in [3.05, 3.63) is 24.3 Å². The highest BCUT2D eigenvalue weighted by molar-refractivity contribution is 5.69. The molecule has 1 heterocycles. The molecule has 0 aromatic rings. The van der Waals surface area contributed by atoms with Gasteiger partial charge in [-0.25, -0.2) is 0 Å². The molecule has 1 aliphatic rings. The second kappa shape index (κ2) is 34.4. The minimum atomic E-state index is -0.421. The molecule has 1 rings (SSSR count). The van der Waals surface area contributed by atoms with Gasteiger partial charge in [0.1, 0.15) is 25.4 Å². The van der Waals surface area contributed by atoms with Gasteiger partial charge in [0.25, 0.3) is 0 Å². The van der Waals surface area contributed by atoms with Gasteiger partial charge in [0.15, 0.2) is 6.29 Å². The van der Waals surface area contributed by atoms with E-state index in [0.717, 1.165) is 77.2 Å². The molecule has 0 aromatic carbocycles. The van der Waals surface area contributed by atoms with Crippen LogP contribution in [0, 0.1) is 0 Å². The summed E-state index contributed by atoms with van der Waals surface area (Å²) in [6.45, 7) is 5.78. The monoisotopic (exact) mass is 706 g/mol. The Hall–Kier alpha value is -1.70. The molecule has 7 nitrogen and oxygen atoms in total. The number of carbonyl (C=O) groups is 2. The van der Waals surface area contributed by atoms with E-state index in [4.69, 9.17) is 18.9 Å². The third-order valence-corrected chi connectivity index (χ3v) is 9.47. The van der Waals surface area contributed by atoms with Gasteiger partial charge in [0, 0.05) is 12.8 Å². The summed E-state index contributed by atoms with van der Waals surface area (Å²) in [4.78, 5) is 27.2. The van der Waals surface area contributed by atoms with E-state index in [1.54, 1.807) is 0 Å². The molecule has 2 atom stereocenters. The lowest BCUT2D eigenvalue weighted by Gasteiger charge is -2.17. The quantitative estimate of drug-likeness (QED) is 0.0369. The van der Waals surface area contributed by atoms with Gasteiger partial charge in [-0.05, 0) is 104 Å². The molecule has 1 fully saturated rings. The number of hydrogen-bond donors (Lipinski definition) is 0. The van der Waals surface area contributed by atoms with Gasteiger partial charge in [0.2, 0.25) is 0 Å². The molecule has 1 saturated heterocycles. The molecule has 0 spiro atoms. The number of ether oxygens (including phenoxy) is 4. The minimum Gasteiger partial charge on any atom is -0.463 e. The second-order valence-electron chi connectivity index (χ2n) is 14.7.